The zero-order valence-corrected chi connectivity index (χ0v) is 11.3. The number of benzene rings is 2. The Morgan fingerprint density at radius 2 is 1.65 bits per heavy atom. The minimum atomic E-state index is 0.432. The van der Waals surface area contributed by atoms with E-state index in [0.29, 0.717) is 17.4 Å². The lowest BCUT2D eigenvalue weighted by atomic mass is 10.2. The van der Waals surface area contributed by atoms with E-state index in [-0.39, 0.29) is 0 Å². The van der Waals surface area contributed by atoms with Crippen molar-refractivity contribution in [3.8, 4) is 17.2 Å². The van der Waals surface area contributed by atoms with Gasteiger partial charge in [0.15, 0.2) is 11.5 Å². The molecule has 3 aromatic rings. The van der Waals surface area contributed by atoms with Gasteiger partial charge in [-0.05, 0) is 12.1 Å². The first-order valence-electron chi connectivity index (χ1n) is 6.20. The number of hydrogen-bond acceptors (Lipinski definition) is 4. The van der Waals surface area contributed by atoms with E-state index in [4.69, 9.17) is 15.2 Å². The quantitative estimate of drug-likeness (QED) is 0.794. The molecule has 102 valence electrons. The van der Waals surface area contributed by atoms with Gasteiger partial charge in [0.1, 0.15) is 0 Å². The Labute approximate surface area is 116 Å². The number of methoxy groups -OCH3 is 2. The fourth-order valence-electron chi connectivity index (χ4n) is 2.27. The summed E-state index contributed by atoms with van der Waals surface area (Å²) in [5.41, 5.74) is 8.65. The van der Waals surface area contributed by atoms with Gasteiger partial charge in [-0.1, -0.05) is 18.2 Å². The SMILES string of the molecule is COc1cc2nc(N)n(-c3ccccc3)c2cc1OC. The number of para-hydroxylation sites is 1. The van der Waals surface area contributed by atoms with Crippen LogP contribution in [0.25, 0.3) is 16.7 Å². The van der Waals surface area contributed by atoms with Crippen molar-refractivity contribution in [3.05, 3.63) is 42.5 Å². The van der Waals surface area contributed by atoms with Crippen molar-refractivity contribution in [1.82, 2.24) is 9.55 Å². The van der Waals surface area contributed by atoms with E-state index in [2.05, 4.69) is 4.98 Å². The van der Waals surface area contributed by atoms with Crippen LogP contribution in [0.4, 0.5) is 5.95 Å². The molecule has 2 N–H and O–H groups in total. The van der Waals surface area contributed by atoms with Gasteiger partial charge in [-0.2, -0.15) is 0 Å². The van der Waals surface area contributed by atoms with Crippen LogP contribution < -0.4 is 15.2 Å². The van der Waals surface area contributed by atoms with Crippen molar-refractivity contribution in [2.24, 2.45) is 0 Å². The van der Waals surface area contributed by atoms with Gasteiger partial charge in [0.05, 0.1) is 25.3 Å². The van der Waals surface area contributed by atoms with E-state index in [9.17, 15) is 0 Å². The van der Waals surface area contributed by atoms with Crippen molar-refractivity contribution in [2.45, 2.75) is 0 Å². The minimum absolute atomic E-state index is 0.432. The standard InChI is InChI=1S/C15H15N3O2/c1-19-13-8-11-12(9-14(13)20-2)18(15(16)17-11)10-6-4-3-5-7-10/h3-9H,1-2H3,(H2,16,17). The molecule has 0 spiro atoms. The molecule has 0 atom stereocenters. The maximum Gasteiger partial charge on any atom is 0.205 e. The van der Waals surface area contributed by atoms with Crippen LogP contribution >= 0.6 is 0 Å². The van der Waals surface area contributed by atoms with Gasteiger partial charge in [0, 0.05) is 17.8 Å². The Morgan fingerprint density at radius 3 is 2.30 bits per heavy atom. The summed E-state index contributed by atoms with van der Waals surface area (Å²) >= 11 is 0. The molecule has 1 aromatic heterocycles. The number of rotatable bonds is 3. The van der Waals surface area contributed by atoms with E-state index in [1.807, 2.05) is 47.0 Å². The number of fused-ring (bicyclic) bond motifs is 1. The molecule has 0 aliphatic rings. The lowest BCUT2D eigenvalue weighted by molar-refractivity contribution is 0.355. The Balaban J connectivity index is 2.30. The lowest BCUT2D eigenvalue weighted by Gasteiger charge is -2.09. The van der Waals surface area contributed by atoms with Crippen LogP contribution in [0.3, 0.4) is 0 Å². The Bertz CT molecular complexity index is 751. The van der Waals surface area contributed by atoms with Crippen molar-refractivity contribution in [3.63, 3.8) is 0 Å². The predicted molar refractivity (Wildman–Crippen MR) is 78.6 cm³/mol. The number of ether oxygens (including phenoxy) is 2. The molecule has 0 fully saturated rings. The summed E-state index contributed by atoms with van der Waals surface area (Å²) < 4.78 is 12.5. The highest BCUT2D eigenvalue weighted by Gasteiger charge is 2.14. The molecule has 0 aliphatic carbocycles. The van der Waals surface area contributed by atoms with Crippen LogP contribution in [0, 0.1) is 0 Å². The van der Waals surface area contributed by atoms with Crippen LogP contribution in [-0.2, 0) is 0 Å². The van der Waals surface area contributed by atoms with Crippen LogP contribution in [0.2, 0.25) is 0 Å². The number of nitrogens with zero attached hydrogens (tertiary/aromatic N) is 2. The Morgan fingerprint density at radius 1 is 1.00 bits per heavy atom. The van der Waals surface area contributed by atoms with Crippen LogP contribution in [0.5, 0.6) is 11.5 Å². The first kappa shape index (κ1) is 12.3. The monoisotopic (exact) mass is 269 g/mol. The van der Waals surface area contributed by atoms with Gasteiger partial charge in [0.25, 0.3) is 0 Å². The first-order chi connectivity index (χ1) is 9.74. The van der Waals surface area contributed by atoms with Crippen molar-refractivity contribution in [2.75, 3.05) is 20.0 Å². The average Bonchev–Trinajstić information content (AvgIpc) is 2.81. The number of nitrogen functional groups attached to an aromatic ring is 1. The highest BCUT2D eigenvalue weighted by atomic mass is 16.5. The highest BCUT2D eigenvalue weighted by Crippen LogP contribution is 2.34. The second-order valence-corrected chi connectivity index (χ2v) is 4.34. The van der Waals surface area contributed by atoms with Gasteiger partial charge < -0.3 is 15.2 Å². The van der Waals surface area contributed by atoms with E-state index < -0.39 is 0 Å². The zero-order valence-electron chi connectivity index (χ0n) is 11.3. The number of nitrogens with two attached hydrogens (primary N) is 1. The molecule has 2 aromatic carbocycles. The molecule has 0 aliphatic heterocycles. The molecule has 0 unspecified atom stereocenters. The summed E-state index contributed by atoms with van der Waals surface area (Å²) in [7, 11) is 3.21. The molecule has 0 amide bonds. The molecule has 5 nitrogen and oxygen atoms in total. The summed E-state index contributed by atoms with van der Waals surface area (Å²) in [5.74, 6) is 1.72. The minimum Gasteiger partial charge on any atom is -0.493 e. The number of hydrogen-bond donors (Lipinski definition) is 1. The van der Waals surface area contributed by atoms with Gasteiger partial charge >= 0.3 is 0 Å². The van der Waals surface area contributed by atoms with Crippen molar-refractivity contribution in [1.29, 1.82) is 0 Å². The molecule has 20 heavy (non-hydrogen) atoms. The largest absolute Gasteiger partial charge is 0.493 e. The fraction of sp³-hybridized carbons (Fsp3) is 0.133. The zero-order chi connectivity index (χ0) is 14.1. The predicted octanol–water partition coefficient (Wildman–Crippen LogP) is 2.62. The number of imidazole rings is 1. The van der Waals surface area contributed by atoms with Crippen molar-refractivity contribution < 1.29 is 9.47 Å². The molecule has 0 saturated carbocycles. The molecule has 0 bridgehead atoms. The molecule has 5 heteroatoms. The third-order valence-corrected chi connectivity index (χ3v) is 3.20. The summed E-state index contributed by atoms with van der Waals surface area (Å²) in [6.07, 6.45) is 0. The van der Waals surface area contributed by atoms with Crippen LogP contribution in [0.15, 0.2) is 42.5 Å². The van der Waals surface area contributed by atoms with Crippen LogP contribution in [-0.4, -0.2) is 23.8 Å². The second kappa shape index (κ2) is 4.77. The highest BCUT2D eigenvalue weighted by molar-refractivity contribution is 5.84. The van der Waals surface area contributed by atoms with E-state index in [0.717, 1.165) is 16.7 Å². The maximum absolute atomic E-state index is 6.04. The van der Waals surface area contributed by atoms with E-state index in [1.54, 1.807) is 14.2 Å². The normalized spacial score (nSPS) is 10.7. The fourth-order valence-corrected chi connectivity index (χ4v) is 2.27. The summed E-state index contributed by atoms with van der Waals surface area (Å²) in [6, 6.07) is 13.5. The van der Waals surface area contributed by atoms with Gasteiger partial charge in [-0.25, -0.2) is 4.98 Å². The summed E-state index contributed by atoms with van der Waals surface area (Å²) in [6.45, 7) is 0. The second-order valence-electron chi connectivity index (χ2n) is 4.34. The molecular formula is C15H15N3O2. The third kappa shape index (κ3) is 1.84. The number of aromatic nitrogens is 2. The van der Waals surface area contributed by atoms with Gasteiger partial charge in [-0.15, -0.1) is 0 Å². The average molecular weight is 269 g/mol. The lowest BCUT2D eigenvalue weighted by Crippen LogP contribution is -2.00. The molecule has 1 heterocycles. The van der Waals surface area contributed by atoms with Gasteiger partial charge in [0.2, 0.25) is 5.95 Å². The first-order valence-corrected chi connectivity index (χ1v) is 6.20. The smallest absolute Gasteiger partial charge is 0.205 e. The summed E-state index contributed by atoms with van der Waals surface area (Å²) in [4.78, 5) is 4.38. The van der Waals surface area contributed by atoms with Gasteiger partial charge in [-0.3, -0.25) is 4.57 Å². The Kier molecular flexibility index (Phi) is 2.95. The van der Waals surface area contributed by atoms with E-state index in [1.165, 1.54) is 0 Å². The maximum atomic E-state index is 6.04. The molecule has 3 rings (SSSR count). The third-order valence-electron chi connectivity index (χ3n) is 3.20. The topological polar surface area (TPSA) is 62.3 Å². The summed E-state index contributed by atoms with van der Waals surface area (Å²) in [5, 5.41) is 0. The Hall–Kier alpha value is -2.69. The molecular weight excluding hydrogens is 254 g/mol. The van der Waals surface area contributed by atoms with E-state index >= 15 is 0 Å². The van der Waals surface area contributed by atoms with Crippen molar-refractivity contribution >= 4 is 17.0 Å². The van der Waals surface area contributed by atoms with Crippen LogP contribution in [0.1, 0.15) is 0 Å². The number of anilines is 1. The molecule has 0 saturated heterocycles. The molecule has 0 radical (unpaired) electrons.